The Balaban J connectivity index is 1.51. The van der Waals surface area contributed by atoms with Crippen molar-refractivity contribution in [2.24, 2.45) is 0 Å². The standard InChI is InChI=1S/C21H21NO5/c1-25-20(23)19-13-26-11-10-22(19)21(24)27-12-18-16-8-4-2-6-14(16)15-7-3-5-9-17(15)18/h2-9,18-19H,10-13H2,1H3/t19-/m1/s1. The fourth-order valence-corrected chi connectivity index (χ4v) is 3.83. The number of methoxy groups -OCH3 is 1. The molecule has 1 heterocycles. The topological polar surface area (TPSA) is 65.1 Å². The zero-order chi connectivity index (χ0) is 18.8. The summed E-state index contributed by atoms with van der Waals surface area (Å²) in [6.07, 6.45) is -0.518. The molecule has 1 aliphatic carbocycles. The Labute approximate surface area is 157 Å². The number of nitrogens with zero attached hydrogens (tertiary/aromatic N) is 1. The summed E-state index contributed by atoms with van der Waals surface area (Å²) >= 11 is 0. The Morgan fingerprint density at radius 1 is 1.07 bits per heavy atom. The molecule has 0 bridgehead atoms. The van der Waals surface area contributed by atoms with E-state index in [0.29, 0.717) is 13.2 Å². The van der Waals surface area contributed by atoms with E-state index in [9.17, 15) is 9.59 Å². The van der Waals surface area contributed by atoms with Crippen LogP contribution in [0.25, 0.3) is 11.1 Å². The van der Waals surface area contributed by atoms with Crippen LogP contribution in [0.2, 0.25) is 0 Å². The smallest absolute Gasteiger partial charge is 0.410 e. The molecule has 2 aromatic rings. The molecule has 0 N–H and O–H groups in total. The highest BCUT2D eigenvalue weighted by atomic mass is 16.6. The van der Waals surface area contributed by atoms with Crippen LogP contribution in [0.15, 0.2) is 48.5 Å². The first-order chi connectivity index (χ1) is 13.2. The van der Waals surface area contributed by atoms with E-state index in [-0.39, 0.29) is 19.1 Å². The molecular weight excluding hydrogens is 346 g/mol. The van der Waals surface area contributed by atoms with Crippen molar-refractivity contribution in [1.29, 1.82) is 0 Å². The summed E-state index contributed by atoms with van der Waals surface area (Å²) < 4.78 is 15.7. The fourth-order valence-electron chi connectivity index (χ4n) is 3.83. The second-order valence-electron chi connectivity index (χ2n) is 6.61. The first-order valence-electron chi connectivity index (χ1n) is 8.98. The van der Waals surface area contributed by atoms with Gasteiger partial charge in [0.25, 0.3) is 0 Å². The maximum absolute atomic E-state index is 12.6. The minimum absolute atomic E-state index is 0.0148. The fraction of sp³-hybridized carbons (Fsp3) is 0.333. The first-order valence-corrected chi connectivity index (χ1v) is 8.98. The lowest BCUT2D eigenvalue weighted by atomic mass is 9.98. The lowest BCUT2D eigenvalue weighted by Gasteiger charge is -2.33. The number of fused-ring (bicyclic) bond motifs is 3. The van der Waals surface area contributed by atoms with E-state index in [1.165, 1.54) is 23.1 Å². The number of hydrogen-bond acceptors (Lipinski definition) is 5. The van der Waals surface area contributed by atoms with Crippen molar-refractivity contribution < 1.29 is 23.8 Å². The zero-order valence-corrected chi connectivity index (χ0v) is 15.1. The average Bonchev–Trinajstić information content (AvgIpc) is 3.05. The molecule has 2 aromatic carbocycles. The lowest BCUT2D eigenvalue weighted by molar-refractivity contribution is -0.152. The molecule has 1 fully saturated rings. The molecule has 1 atom stereocenters. The van der Waals surface area contributed by atoms with E-state index < -0.39 is 18.1 Å². The Morgan fingerprint density at radius 3 is 2.33 bits per heavy atom. The largest absolute Gasteiger partial charge is 0.467 e. The summed E-state index contributed by atoms with van der Waals surface area (Å²) in [6, 6.07) is 15.6. The predicted molar refractivity (Wildman–Crippen MR) is 98.4 cm³/mol. The van der Waals surface area contributed by atoms with E-state index in [1.807, 2.05) is 24.3 Å². The molecular formula is C21H21NO5. The van der Waals surface area contributed by atoms with Crippen LogP contribution in [0.3, 0.4) is 0 Å². The summed E-state index contributed by atoms with van der Waals surface area (Å²) in [5.74, 6) is -0.512. The normalized spacial score (nSPS) is 18.6. The van der Waals surface area contributed by atoms with Gasteiger partial charge < -0.3 is 14.2 Å². The molecule has 27 heavy (non-hydrogen) atoms. The number of carbonyl (C=O) groups excluding carboxylic acids is 2. The Morgan fingerprint density at radius 2 is 1.70 bits per heavy atom. The Kier molecular flexibility index (Phi) is 4.81. The third-order valence-electron chi connectivity index (χ3n) is 5.17. The monoisotopic (exact) mass is 367 g/mol. The summed E-state index contributed by atoms with van der Waals surface area (Å²) in [6.45, 7) is 1.02. The van der Waals surface area contributed by atoms with Crippen LogP contribution in [0.1, 0.15) is 17.0 Å². The molecule has 0 aromatic heterocycles. The summed E-state index contributed by atoms with van der Waals surface area (Å²) in [4.78, 5) is 26.0. The highest BCUT2D eigenvalue weighted by Crippen LogP contribution is 2.44. The number of hydrogen-bond donors (Lipinski definition) is 0. The predicted octanol–water partition coefficient (Wildman–Crippen LogP) is 2.81. The van der Waals surface area contributed by atoms with Gasteiger partial charge in [-0.15, -0.1) is 0 Å². The molecule has 1 amide bonds. The molecule has 0 unspecified atom stereocenters. The molecule has 0 saturated carbocycles. The minimum Gasteiger partial charge on any atom is -0.467 e. The van der Waals surface area contributed by atoms with Gasteiger partial charge in [-0.25, -0.2) is 9.59 Å². The van der Waals surface area contributed by atoms with Gasteiger partial charge in [-0.2, -0.15) is 0 Å². The van der Waals surface area contributed by atoms with Crippen LogP contribution in [0, 0.1) is 0 Å². The third kappa shape index (κ3) is 3.17. The van der Waals surface area contributed by atoms with Crippen molar-refractivity contribution in [2.75, 3.05) is 33.5 Å². The van der Waals surface area contributed by atoms with Crippen molar-refractivity contribution in [3.05, 3.63) is 59.7 Å². The third-order valence-corrected chi connectivity index (χ3v) is 5.17. The zero-order valence-electron chi connectivity index (χ0n) is 15.1. The van der Waals surface area contributed by atoms with Gasteiger partial charge in [-0.1, -0.05) is 48.5 Å². The molecule has 1 aliphatic heterocycles. The van der Waals surface area contributed by atoms with Gasteiger partial charge in [-0.05, 0) is 22.3 Å². The second-order valence-corrected chi connectivity index (χ2v) is 6.61. The maximum atomic E-state index is 12.6. The minimum atomic E-state index is -0.764. The maximum Gasteiger partial charge on any atom is 0.410 e. The van der Waals surface area contributed by atoms with Crippen LogP contribution in [0.5, 0.6) is 0 Å². The van der Waals surface area contributed by atoms with E-state index in [2.05, 4.69) is 24.3 Å². The molecule has 140 valence electrons. The van der Waals surface area contributed by atoms with E-state index >= 15 is 0 Å². The number of amides is 1. The van der Waals surface area contributed by atoms with Crippen LogP contribution in [0.4, 0.5) is 4.79 Å². The molecule has 2 aliphatic rings. The van der Waals surface area contributed by atoms with E-state index in [4.69, 9.17) is 14.2 Å². The second kappa shape index (κ2) is 7.40. The van der Waals surface area contributed by atoms with Crippen LogP contribution >= 0.6 is 0 Å². The number of benzene rings is 2. The quantitative estimate of drug-likeness (QED) is 0.781. The van der Waals surface area contributed by atoms with Gasteiger partial charge in [0.1, 0.15) is 6.61 Å². The average molecular weight is 367 g/mol. The van der Waals surface area contributed by atoms with Gasteiger partial charge in [0.05, 0.1) is 20.3 Å². The van der Waals surface area contributed by atoms with Crippen molar-refractivity contribution in [2.45, 2.75) is 12.0 Å². The number of esters is 1. The van der Waals surface area contributed by atoms with Crippen LogP contribution in [-0.2, 0) is 19.0 Å². The highest BCUT2D eigenvalue weighted by molar-refractivity contribution is 5.82. The number of rotatable bonds is 3. The van der Waals surface area contributed by atoms with Gasteiger partial charge in [-0.3, -0.25) is 4.90 Å². The number of ether oxygens (including phenoxy) is 3. The number of morpholine rings is 1. The summed E-state index contributed by atoms with van der Waals surface area (Å²) in [5.41, 5.74) is 4.65. The first kappa shape index (κ1) is 17.5. The van der Waals surface area contributed by atoms with Crippen molar-refractivity contribution in [1.82, 2.24) is 4.90 Å². The molecule has 0 spiro atoms. The molecule has 4 rings (SSSR count). The van der Waals surface area contributed by atoms with Gasteiger partial charge in [0, 0.05) is 12.5 Å². The van der Waals surface area contributed by atoms with E-state index in [0.717, 1.165) is 11.1 Å². The molecule has 6 nitrogen and oxygen atoms in total. The van der Waals surface area contributed by atoms with E-state index in [1.54, 1.807) is 0 Å². The van der Waals surface area contributed by atoms with Gasteiger partial charge >= 0.3 is 12.1 Å². The summed E-state index contributed by atoms with van der Waals surface area (Å²) in [5, 5.41) is 0. The molecule has 0 radical (unpaired) electrons. The van der Waals surface area contributed by atoms with Crippen molar-refractivity contribution >= 4 is 12.1 Å². The molecule has 1 saturated heterocycles. The van der Waals surface area contributed by atoms with Gasteiger partial charge in [0.2, 0.25) is 0 Å². The SMILES string of the molecule is COC(=O)[C@H]1COCCN1C(=O)OCC1c2ccccc2-c2ccccc21. The van der Waals surface area contributed by atoms with Crippen LogP contribution < -0.4 is 0 Å². The van der Waals surface area contributed by atoms with Gasteiger partial charge in [0.15, 0.2) is 6.04 Å². The lowest BCUT2D eigenvalue weighted by Crippen LogP contribution is -2.53. The number of carbonyl (C=O) groups is 2. The van der Waals surface area contributed by atoms with Crippen LogP contribution in [-0.4, -0.2) is 56.5 Å². The summed E-state index contributed by atoms with van der Waals surface area (Å²) in [7, 11) is 1.30. The molecule has 6 heteroatoms. The Bertz CT molecular complexity index is 820. The Hall–Kier alpha value is -2.86. The van der Waals surface area contributed by atoms with Crippen molar-refractivity contribution in [3.63, 3.8) is 0 Å². The van der Waals surface area contributed by atoms with Crippen molar-refractivity contribution in [3.8, 4) is 11.1 Å². The highest BCUT2D eigenvalue weighted by Gasteiger charge is 2.36.